The fourth-order valence-electron chi connectivity index (χ4n) is 3.71. The number of nitrogens with zero attached hydrogens (tertiary/aromatic N) is 3. The van der Waals surface area contributed by atoms with Gasteiger partial charge < -0.3 is 4.90 Å². The molecule has 3 aliphatic rings. The van der Waals surface area contributed by atoms with Crippen molar-refractivity contribution in [3.05, 3.63) is 41.5 Å². The van der Waals surface area contributed by atoms with E-state index in [2.05, 4.69) is 0 Å². The molecule has 1 aromatic carbocycles. The van der Waals surface area contributed by atoms with E-state index in [0.29, 0.717) is 12.5 Å². The molecular weight excluding hydrogens is 323 g/mol. The maximum Gasteiger partial charge on any atom is 0.417 e. The van der Waals surface area contributed by atoms with Gasteiger partial charge in [0.15, 0.2) is 0 Å². The Hall–Kier alpha value is -2.82. The van der Waals surface area contributed by atoms with Crippen molar-refractivity contribution in [2.24, 2.45) is 5.92 Å². The average molecular weight is 333 g/mol. The van der Waals surface area contributed by atoms with Gasteiger partial charge in [-0.15, -0.1) is 0 Å². The number of rotatable bonds is 1. The maximum absolute atomic E-state index is 13.1. The second-order valence-electron chi connectivity index (χ2n) is 6.00. The van der Waals surface area contributed by atoms with Gasteiger partial charge in [0.1, 0.15) is 6.04 Å². The predicted octanol–water partition coefficient (Wildman–Crippen LogP) is 2.67. The summed E-state index contributed by atoms with van der Waals surface area (Å²) in [5.74, 6) is -0.605. The zero-order chi connectivity index (χ0) is 17.2. The molecule has 2 saturated heterocycles. The molecule has 24 heavy (non-hydrogen) atoms. The Morgan fingerprint density at radius 2 is 1.96 bits per heavy atom. The Labute approximate surface area is 134 Å². The van der Waals surface area contributed by atoms with E-state index in [1.807, 2.05) is 12.2 Å². The fourth-order valence-corrected chi connectivity index (χ4v) is 3.71. The van der Waals surface area contributed by atoms with E-state index in [1.54, 1.807) is 0 Å². The summed E-state index contributed by atoms with van der Waals surface area (Å²) < 4.78 is 39.3. The predicted molar refractivity (Wildman–Crippen MR) is 75.7 cm³/mol. The third-order valence-corrected chi connectivity index (χ3v) is 4.73. The van der Waals surface area contributed by atoms with E-state index in [-0.39, 0.29) is 17.6 Å². The minimum atomic E-state index is -4.75. The van der Waals surface area contributed by atoms with Crippen LogP contribution >= 0.6 is 0 Å². The molecule has 0 unspecified atom stereocenters. The number of amides is 3. The third-order valence-electron chi connectivity index (χ3n) is 4.73. The number of carbonyl (C=O) groups excluding carboxylic acids is 2. The summed E-state index contributed by atoms with van der Waals surface area (Å²) in [4.78, 5) is 27.4. The topological polar surface area (TPSA) is 64.4 Å². The molecule has 2 aliphatic heterocycles. The maximum atomic E-state index is 13.1. The highest BCUT2D eigenvalue weighted by molar-refractivity contribution is 6.22. The van der Waals surface area contributed by atoms with Crippen molar-refractivity contribution in [1.82, 2.24) is 4.90 Å². The number of hydrogen-bond donors (Lipinski definition) is 0. The van der Waals surface area contributed by atoms with Crippen molar-refractivity contribution >= 4 is 17.6 Å². The van der Waals surface area contributed by atoms with E-state index in [0.717, 1.165) is 11.0 Å². The summed E-state index contributed by atoms with van der Waals surface area (Å²) in [5.41, 5.74) is -1.87. The smallest absolute Gasteiger partial charge is 0.305 e. The van der Waals surface area contributed by atoms with Crippen molar-refractivity contribution < 1.29 is 22.8 Å². The van der Waals surface area contributed by atoms with Gasteiger partial charge >= 0.3 is 12.2 Å². The molecule has 3 atom stereocenters. The molecule has 2 bridgehead atoms. The van der Waals surface area contributed by atoms with Gasteiger partial charge in [-0.05, 0) is 24.6 Å². The van der Waals surface area contributed by atoms with Crippen LogP contribution in [0.2, 0.25) is 0 Å². The molecule has 2 heterocycles. The van der Waals surface area contributed by atoms with Crippen LogP contribution in [-0.2, 0) is 11.0 Å². The van der Waals surface area contributed by atoms with Gasteiger partial charge in [-0.2, -0.15) is 18.4 Å². The van der Waals surface area contributed by atoms with Crippen LogP contribution in [0, 0.1) is 17.2 Å². The Morgan fingerprint density at radius 1 is 1.21 bits per heavy atom. The third kappa shape index (κ3) is 1.81. The van der Waals surface area contributed by atoms with Crippen LogP contribution in [0.5, 0.6) is 0 Å². The van der Waals surface area contributed by atoms with Crippen LogP contribution in [0.25, 0.3) is 0 Å². The van der Waals surface area contributed by atoms with E-state index < -0.39 is 35.3 Å². The lowest BCUT2D eigenvalue weighted by Crippen LogP contribution is -2.38. The van der Waals surface area contributed by atoms with Crippen LogP contribution in [0.15, 0.2) is 30.4 Å². The van der Waals surface area contributed by atoms with Crippen LogP contribution in [0.1, 0.15) is 17.5 Å². The summed E-state index contributed by atoms with van der Waals surface area (Å²) in [6.45, 7) is 0. The van der Waals surface area contributed by atoms with Crippen LogP contribution in [-0.4, -0.2) is 28.9 Å². The number of hydrogen-bond acceptors (Lipinski definition) is 3. The Kier molecular flexibility index (Phi) is 2.83. The molecule has 2 fully saturated rings. The highest BCUT2D eigenvalue weighted by Crippen LogP contribution is 2.44. The molecule has 0 N–H and O–H groups in total. The first-order valence-electron chi connectivity index (χ1n) is 7.29. The minimum absolute atomic E-state index is 0.0862. The number of benzene rings is 1. The van der Waals surface area contributed by atoms with Crippen LogP contribution in [0.3, 0.4) is 0 Å². The number of anilines is 1. The zero-order valence-corrected chi connectivity index (χ0v) is 12.1. The van der Waals surface area contributed by atoms with Gasteiger partial charge in [0.25, 0.3) is 5.91 Å². The molecule has 0 aromatic heterocycles. The van der Waals surface area contributed by atoms with E-state index >= 15 is 0 Å². The number of nitriles is 1. The lowest BCUT2D eigenvalue weighted by molar-refractivity contribution is -0.137. The Bertz CT molecular complexity index is 810. The molecule has 3 amide bonds. The Balaban J connectivity index is 1.77. The molecule has 8 heteroatoms. The SMILES string of the molecule is N#Cc1ccc(N2C(=O)[C@H]3[C@@H]4C=C[C@@H](C4)N3C2=O)cc1C(F)(F)F. The van der Waals surface area contributed by atoms with E-state index in [1.165, 1.54) is 17.0 Å². The van der Waals surface area contributed by atoms with Gasteiger partial charge in [0.2, 0.25) is 0 Å². The molecule has 1 aliphatic carbocycles. The molecule has 0 radical (unpaired) electrons. The summed E-state index contributed by atoms with van der Waals surface area (Å²) in [5, 5.41) is 8.84. The van der Waals surface area contributed by atoms with Gasteiger partial charge in [0, 0.05) is 5.92 Å². The number of urea groups is 1. The molecule has 5 nitrogen and oxygen atoms in total. The first-order valence-corrected chi connectivity index (χ1v) is 7.29. The van der Waals surface area contributed by atoms with Gasteiger partial charge in [-0.1, -0.05) is 12.2 Å². The number of halogens is 3. The lowest BCUT2D eigenvalue weighted by atomic mass is 10.0. The zero-order valence-electron chi connectivity index (χ0n) is 12.1. The normalized spacial score (nSPS) is 27.8. The van der Waals surface area contributed by atoms with Crippen molar-refractivity contribution in [2.75, 3.05) is 4.90 Å². The second kappa shape index (κ2) is 4.60. The number of fused-ring (bicyclic) bond motifs is 5. The van der Waals surface area contributed by atoms with E-state index in [4.69, 9.17) is 5.26 Å². The largest absolute Gasteiger partial charge is 0.417 e. The van der Waals surface area contributed by atoms with E-state index in [9.17, 15) is 22.8 Å². The highest BCUT2D eigenvalue weighted by Gasteiger charge is 2.57. The fraction of sp³-hybridized carbons (Fsp3) is 0.312. The highest BCUT2D eigenvalue weighted by atomic mass is 19.4. The average Bonchev–Trinajstić information content (AvgIpc) is 3.20. The first kappa shape index (κ1) is 14.8. The van der Waals surface area contributed by atoms with Crippen molar-refractivity contribution in [2.45, 2.75) is 24.7 Å². The van der Waals surface area contributed by atoms with Gasteiger partial charge in [0.05, 0.1) is 28.9 Å². The molecule has 122 valence electrons. The van der Waals surface area contributed by atoms with Crippen molar-refractivity contribution in [3.8, 4) is 6.07 Å². The quantitative estimate of drug-likeness (QED) is 0.586. The first-order chi connectivity index (χ1) is 11.3. The second-order valence-corrected chi connectivity index (χ2v) is 6.00. The summed E-state index contributed by atoms with van der Waals surface area (Å²) >= 11 is 0. The molecule has 0 saturated carbocycles. The summed E-state index contributed by atoms with van der Waals surface area (Å²) in [6, 6.07) is 2.91. The molecular formula is C16H10F3N3O2. The standard InChI is InChI=1S/C16H10F3N3O2/c17-16(18,19)12-6-11(4-2-9(12)7-20)22-14(23)13-8-1-3-10(5-8)21(13)15(22)24/h1-4,6,8,10,13H,5H2/t8-,10+,13-/m1/s1. The van der Waals surface area contributed by atoms with Crippen molar-refractivity contribution in [1.29, 1.82) is 5.26 Å². The van der Waals surface area contributed by atoms with Gasteiger partial charge in [-0.3, -0.25) is 4.79 Å². The number of imide groups is 1. The van der Waals surface area contributed by atoms with Crippen LogP contribution < -0.4 is 4.90 Å². The number of carbonyl (C=O) groups is 2. The Morgan fingerprint density at radius 3 is 2.58 bits per heavy atom. The number of alkyl halides is 3. The minimum Gasteiger partial charge on any atom is -0.305 e. The van der Waals surface area contributed by atoms with Crippen LogP contribution in [0.4, 0.5) is 23.7 Å². The van der Waals surface area contributed by atoms with Crippen molar-refractivity contribution in [3.63, 3.8) is 0 Å². The molecule has 0 spiro atoms. The summed E-state index contributed by atoms with van der Waals surface area (Å²) in [6.07, 6.45) is -0.350. The summed E-state index contributed by atoms with van der Waals surface area (Å²) in [7, 11) is 0. The lowest BCUT2D eigenvalue weighted by Gasteiger charge is -2.22. The molecule has 1 aromatic rings. The monoisotopic (exact) mass is 333 g/mol. The molecule has 4 rings (SSSR count). The van der Waals surface area contributed by atoms with Gasteiger partial charge in [-0.25, -0.2) is 9.69 Å².